The van der Waals surface area contributed by atoms with Crippen molar-refractivity contribution in [3.8, 4) is 0 Å². The van der Waals surface area contributed by atoms with E-state index < -0.39 is 0 Å². The van der Waals surface area contributed by atoms with Crippen LogP contribution >= 0.6 is 11.8 Å². The maximum absolute atomic E-state index is 12.7. The Morgan fingerprint density at radius 1 is 1.00 bits per heavy atom. The minimum atomic E-state index is -0.277. The Morgan fingerprint density at radius 3 is 2.56 bits per heavy atom. The lowest BCUT2D eigenvalue weighted by molar-refractivity contribution is -0.113. The molecular formula is C24H27N5O2S. The van der Waals surface area contributed by atoms with Crippen LogP contribution in [0.4, 0.5) is 11.4 Å². The summed E-state index contributed by atoms with van der Waals surface area (Å²) >= 11 is 1.28. The largest absolute Gasteiger partial charge is 0.325 e. The van der Waals surface area contributed by atoms with Gasteiger partial charge in [0.25, 0.3) is 5.91 Å². The molecule has 2 amide bonds. The van der Waals surface area contributed by atoms with Crippen molar-refractivity contribution in [3.05, 3.63) is 66.0 Å². The first kappa shape index (κ1) is 22.1. The average molecular weight is 450 g/mol. The number of rotatable bonds is 9. The Labute approximate surface area is 191 Å². The van der Waals surface area contributed by atoms with Crippen LogP contribution in [0.3, 0.4) is 0 Å². The van der Waals surface area contributed by atoms with Gasteiger partial charge in [0.05, 0.1) is 17.0 Å². The van der Waals surface area contributed by atoms with Crippen LogP contribution in [0.1, 0.15) is 48.3 Å². The molecule has 2 aromatic carbocycles. The Kier molecular flexibility index (Phi) is 7.55. The summed E-state index contributed by atoms with van der Waals surface area (Å²) in [7, 11) is 0. The summed E-state index contributed by atoms with van der Waals surface area (Å²) in [5.74, 6) is 1.35. The van der Waals surface area contributed by atoms with Gasteiger partial charge >= 0.3 is 0 Å². The molecule has 1 saturated carbocycles. The van der Waals surface area contributed by atoms with Gasteiger partial charge in [0.15, 0.2) is 0 Å². The number of hydrogen-bond acceptors (Lipinski definition) is 5. The number of nitrogens with zero attached hydrogens (tertiary/aromatic N) is 2. The maximum atomic E-state index is 12.7. The van der Waals surface area contributed by atoms with Crippen molar-refractivity contribution in [1.29, 1.82) is 0 Å². The van der Waals surface area contributed by atoms with Crippen LogP contribution in [-0.4, -0.2) is 32.7 Å². The summed E-state index contributed by atoms with van der Waals surface area (Å²) in [5, 5.41) is 13.4. The number of anilines is 2. The Hall–Kier alpha value is -3.13. The molecule has 1 fully saturated rings. The predicted molar refractivity (Wildman–Crippen MR) is 127 cm³/mol. The number of aromatic amines is 1. The fourth-order valence-corrected chi connectivity index (χ4v) is 4.54. The molecule has 7 nitrogen and oxygen atoms in total. The molecule has 3 N–H and O–H groups in total. The van der Waals surface area contributed by atoms with E-state index in [1.165, 1.54) is 37.4 Å². The molecule has 0 unspecified atom stereocenters. The molecule has 0 saturated heterocycles. The van der Waals surface area contributed by atoms with Crippen molar-refractivity contribution >= 4 is 35.0 Å². The van der Waals surface area contributed by atoms with E-state index in [4.69, 9.17) is 0 Å². The number of aromatic nitrogens is 3. The van der Waals surface area contributed by atoms with Crippen molar-refractivity contribution in [3.63, 3.8) is 0 Å². The number of benzene rings is 2. The zero-order valence-corrected chi connectivity index (χ0v) is 18.7. The van der Waals surface area contributed by atoms with Gasteiger partial charge in [0, 0.05) is 12.1 Å². The Morgan fingerprint density at radius 2 is 1.75 bits per heavy atom. The Bertz CT molecular complexity index is 1050. The van der Waals surface area contributed by atoms with Crippen LogP contribution in [0.5, 0.6) is 0 Å². The van der Waals surface area contributed by atoms with Gasteiger partial charge < -0.3 is 10.6 Å². The summed E-state index contributed by atoms with van der Waals surface area (Å²) in [4.78, 5) is 29.7. The second kappa shape index (κ2) is 10.9. The predicted octanol–water partition coefficient (Wildman–Crippen LogP) is 4.91. The molecule has 4 rings (SSSR count). The molecule has 1 aliphatic carbocycles. The normalized spacial score (nSPS) is 13.8. The van der Waals surface area contributed by atoms with Crippen molar-refractivity contribution in [2.45, 2.75) is 43.7 Å². The van der Waals surface area contributed by atoms with E-state index in [1.54, 1.807) is 24.3 Å². The summed E-state index contributed by atoms with van der Waals surface area (Å²) in [5.41, 5.74) is 1.57. The first-order valence-electron chi connectivity index (χ1n) is 11.0. The van der Waals surface area contributed by atoms with Crippen LogP contribution in [-0.2, 0) is 11.2 Å². The van der Waals surface area contributed by atoms with E-state index in [2.05, 4.69) is 25.8 Å². The van der Waals surface area contributed by atoms with E-state index in [9.17, 15) is 9.59 Å². The number of H-pyrrole nitrogens is 1. The summed E-state index contributed by atoms with van der Waals surface area (Å²) in [6, 6.07) is 16.2. The lowest BCUT2D eigenvalue weighted by Gasteiger charge is -2.11. The number of aryl methyl sites for hydroxylation is 1. The molecule has 32 heavy (non-hydrogen) atoms. The van der Waals surface area contributed by atoms with E-state index >= 15 is 0 Å². The second-order valence-electron chi connectivity index (χ2n) is 7.96. The first-order chi connectivity index (χ1) is 15.7. The molecule has 0 bridgehead atoms. The van der Waals surface area contributed by atoms with Crippen LogP contribution in [0.25, 0.3) is 0 Å². The van der Waals surface area contributed by atoms with Gasteiger partial charge in [0.2, 0.25) is 11.1 Å². The van der Waals surface area contributed by atoms with Gasteiger partial charge in [-0.15, -0.1) is 5.10 Å². The maximum Gasteiger partial charge on any atom is 0.257 e. The van der Waals surface area contributed by atoms with E-state index in [0.29, 0.717) is 22.1 Å². The molecule has 1 heterocycles. The number of thioether (sulfide) groups is 1. The minimum Gasteiger partial charge on any atom is -0.325 e. The number of nitrogens with one attached hydrogen (secondary N) is 3. The topological polar surface area (TPSA) is 99.8 Å². The van der Waals surface area contributed by atoms with Gasteiger partial charge in [-0.3, -0.25) is 14.7 Å². The minimum absolute atomic E-state index is 0.161. The average Bonchev–Trinajstić information content (AvgIpc) is 3.49. The fourth-order valence-electron chi connectivity index (χ4n) is 3.92. The molecule has 166 valence electrons. The van der Waals surface area contributed by atoms with E-state index in [1.807, 2.05) is 30.3 Å². The second-order valence-corrected chi connectivity index (χ2v) is 8.90. The zero-order chi connectivity index (χ0) is 22.2. The Balaban J connectivity index is 1.28. The lowest BCUT2D eigenvalue weighted by Crippen LogP contribution is -2.19. The third kappa shape index (κ3) is 6.20. The van der Waals surface area contributed by atoms with Crippen molar-refractivity contribution < 1.29 is 9.59 Å². The summed E-state index contributed by atoms with van der Waals surface area (Å²) in [6.45, 7) is 0. The van der Waals surface area contributed by atoms with Gasteiger partial charge in [-0.2, -0.15) is 0 Å². The van der Waals surface area contributed by atoms with Crippen molar-refractivity contribution in [2.24, 2.45) is 5.92 Å². The smallest absolute Gasteiger partial charge is 0.257 e. The highest BCUT2D eigenvalue weighted by Gasteiger charge is 2.17. The lowest BCUT2D eigenvalue weighted by atomic mass is 10.0. The SMILES string of the molecule is O=C(CSc1n[nH]c(CCC2CCCC2)n1)Nc1ccccc1C(=O)Nc1ccccc1. The molecule has 8 heteroatoms. The molecular weight excluding hydrogens is 422 g/mol. The van der Waals surface area contributed by atoms with E-state index in [0.717, 1.165) is 24.6 Å². The summed E-state index contributed by atoms with van der Waals surface area (Å²) in [6.07, 6.45) is 7.36. The standard InChI is InChI=1S/C24H27N5O2S/c30-22(16-32-24-27-21(28-29-24)15-14-17-8-4-5-9-17)26-20-13-7-6-12-19(20)23(31)25-18-10-2-1-3-11-18/h1-3,6-7,10-13,17H,4-5,8-9,14-16H2,(H,25,31)(H,26,30)(H,27,28,29). The molecule has 1 aromatic heterocycles. The van der Waals surface area contributed by atoms with Crippen LogP contribution < -0.4 is 10.6 Å². The number of amides is 2. The number of para-hydroxylation sites is 2. The van der Waals surface area contributed by atoms with Crippen LogP contribution in [0.15, 0.2) is 59.8 Å². The third-order valence-corrected chi connectivity index (χ3v) is 6.43. The van der Waals surface area contributed by atoms with Gasteiger partial charge in [0.1, 0.15) is 5.82 Å². The van der Waals surface area contributed by atoms with Gasteiger partial charge in [-0.1, -0.05) is 67.8 Å². The summed E-state index contributed by atoms with van der Waals surface area (Å²) < 4.78 is 0. The van der Waals surface area contributed by atoms with E-state index in [-0.39, 0.29) is 17.6 Å². The number of hydrogen-bond donors (Lipinski definition) is 3. The van der Waals surface area contributed by atoms with Gasteiger partial charge in [-0.25, -0.2) is 4.98 Å². The number of carbonyl (C=O) groups is 2. The quantitative estimate of drug-likeness (QED) is 0.403. The van der Waals surface area contributed by atoms with Crippen molar-refractivity contribution in [2.75, 3.05) is 16.4 Å². The zero-order valence-electron chi connectivity index (χ0n) is 17.8. The van der Waals surface area contributed by atoms with Crippen molar-refractivity contribution in [1.82, 2.24) is 15.2 Å². The molecule has 1 aliphatic rings. The monoisotopic (exact) mass is 449 g/mol. The molecule has 0 aliphatic heterocycles. The highest BCUT2D eigenvalue weighted by molar-refractivity contribution is 7.99. The first-order valence-corrected chi connectivity index (χ1v) is 12.0. The highest BCUT2D eigenvalue weighted by Crippen LogP contribution is 2.28. The van der Waals surface area contributed by atoms with Crippen LogP contribution in [0, 0.1) is 5.92 Å². The van der Waals surface area contributed by atoms with Crippen LogP contribution in [0.2, 0.25) is 0 Å². The molecule has 0 atom stereocenters. The third-order valence-electron chi connectivity index (χ3n) is 5.59. The fraction of sp³-hybridized carbons (Fsp3) is 0.333. The molecule has 0 radical (unpaired) electrons. The number of carbonyl (C=O) groups excluding carboxylic acids is 2. The molecule has 3 aromatic rings. The van der Waals surface area contributed by atoms with Gasteiger partial charge in [-0.05, 0) is 36.6 Å². The molecule has 0 spiro atoms. The highest BCUT2D eigenvalue weighted by atomic mass is 32.2.